The number of hydrogen-bond acceptors (Lipinski definition) is 11. The van der Waals surface area contributed by atoms with Crippen LogP contribution in [0.2, 0.25) is 0 Å². The Bertz CT molecular complexity index is 1310. The summed E-state index contributed by atoms with van der Waals surface area (Å²) < 4.78 is 71.6. The summed E-state index contributed by atoms with van der Waals surface area (Å²) in [6.07, 6.45) is 2.76. The van der Waals surface area contributed by atoms with Gasteiger partial charge < -0.3 is 14.4 Å². The summed E-state index contributed by atoms with van der Waals surface area (Å²) in [6, 6.07) is 7.72. The first kappa shape index (κ1) is 28.9. The van der Waals surface area contributed by atoms with Gasteiger partial charge in [0.25, 0.3) is 0 Å². The third-order valence-electron chi connectivity index (χ3n) is 3.72. The number of thiol groups is 2. The van der Waals surface area contributed by atoms with Gasteiger partial charge in [-0.15, -0.1) is 25.3 Å². The summed E-state index contributed by atoms with van der Waals surface area (Å²) in [5.74, 6) is -0.0321. The minimum absolute atomic E-state index is 0. The number of hydrogen-bond donors (Lipinski definition) is 3. The normalized spacial score (nSPS) is 11.2. The van der Waals surface area contributed by atoms with Crippen molar-refractivity contribution in [2.75, 3.05) is 5.32 Å². The fourth-order valence-corrected chi connectivity index (χ4v) is 5.11. The zero-order valence-corrected chi connectivity index (χ0v) is 23.6. The van der Waals surface area contributed by atoms with Crippen LogP contribution in [0.3, 0.4) is 0 Å². The summed E-state index contributed by atoms with van der Waals surface area (Å²) in [7, 11) is -10.2. The van der Waals surface area contributed by atoms with Crippen LogP contribution in [0.5, 0.6) is 0 Å². The molecule has 2 aromatic carbocycles. The van der Waals surface area contributed by atoms with E-state index in [1.165, 1.54) is 42.7 Å². The van der Waals surface area contributed by atoms with Crippen molar-refractivity contribution < 1.29 is 85.1 Å². The van der Waals surface area contributed by atoms with Gasteiger partial charge in [0, 0.05) is 33.3 Å². The molecule has 0 unspecified atom stereocenters. The Balaban J connectivity index is 0.00000240. The molecule has 31 heavy (non-hydrogen) atoms. The molecule has 0 aliphatic carbocycles. The Morgan fingerprint density at radius 2 is 1.42 bits per heavy atom. The predicted molar refractivity (Wildman–Crippen MR) is 108 cm³/mol. The fraction of sp³-hybridized carbons (Fsp3) is 0. The largest absolute Gasteiger partial charge is 1.00 e. The number of nitrogens with one attached hydrogen (secondary N) is 1. The van der Waals surface area contributed by atoms with Crippen LogP contribution in [0, 0.1) is 0 Å². The summed E-state index contributed by atoms with van der Waals surface area (Å²) in [4.78, 5) is 6.22. The van der Waals surface area contributed by atoms with E-state index in [1.54, 1.807) is 0 Å². The maximum atomic E-state index is 12.2. The standard InChI is InChI=1S/C16H13N3O6S4.2Na/c20-28(21,22)12-5-2-1-4-9(12)13-10(26)8-11(27)14(15(13)29(23,24)25)19-16-17-6-3-7-18-16;;/h1-8,26-27H,(H,17,18,19)(H,20,21,22)(H,23,24,25);;/q;2*+1/p-2. The van der Waals surface area contributed by atoms with Crippen LogP contribution in [0.4, 0.5) is 11.6 Å². The van der Waals surface area contributed by atoms with Crippen LogP contribution in [0.25, 0.3) is 11.1 Å². The van der Waals surface area contributed by atoms with Crippen LogP contribution < -0.4 is 64.4 Å². The molecule has 0 fully saturated rings. The Morgan fingerprint density at radius 1 is 0.839 bits per heavy atom. The van der Waals surface area contributed by atoms with Gasteiger partial charge in [0.2, 0.25) is 5.95 Å². The van der Waals surface area contributed by atoms with E-state index < -0.39 is 30.0 Å². The SMILES string of the molecule is O=S(=O)([O-])c1ccccc1-c1c(S)cc(S)c(Nc2ncccn2)c1S(=O)(=O)[O-].[Na+].[Na+]. The molecule has 0 aliphatic heterocycles. The zero-order chi connectivity index (χ0) is 21.4. The maximum Gasteiger partial charge on any atom is 1.00 e. The zero-order valence-electron chi connectivity index (χ0n) is 16.2. The smallest absolute Gasteiger partial charge is 0.744 e. The Labute approximate surface area is 234 Å². The molecule has 1 heterocycles. The molecule has 0 spiro atoms. The number of nitrogens with zero attached hydrogens (tertiary/aromatic N) is 2. The van der Waals surface area contributed by atoms with Gasteiger partial charge >= 0.3 is 59.1 Å². The number of aromatic nitrogens is 2. The Morgan fingerprint density at radius 3 is 1.97 bits per heavy atom. The van der Waals surface area contributed by atoms with Gasteiger partial charge in [0.05, 0.1) is 15.5 Å². The van der Waals surface area contributed by atoms with Crippen LogP contribution in [0.1, 0.15) is 0 Å². The second-order valence-electron chi connectivity index (χ2n) is 5.60. The van der Waals surface area contributed by atoms with Gasteiger partial charge in [-0.3, -0.25) is 0 Å². The summed E-state index contributed by atoms with van der Waals surface area (Å²) in [5, 5.41) is 2.60. The molecular weight excluding hydrogens is 504 g/mol. The average Bonchev–Trinajstić information content (AvgIpc) is 2.63. The molecule has 1 N–H and O–H groups in total. The third kappa shape index (κ3) is 6.68. The summed E-state index contributed by atoms with van der Waals surface area (Å²) in [6.45, 7) is 0. The predicted octanol–water partition coefficient (Wildman–Crippen LogP) is -3.72. The molecule has 15 heteroatoms. The van der Waals surface area contributed by atoms with Gasteiger partial charge in [-0.05, 0) is 18.2 Å². The molecule has 152 valence electrons. The molecule has 0 radical (unpaired) electrons. The van der Waals surface area contributed by atoms with E-state index in [0.717, 1.165) is 6.07 Å². The number of benzene rings is 2. The van der Waals surface area contributed by atoms with E-state index >= 15 is 0 Å². The summed E-state index contributed by atoms with van der Waals surface area (Å²) in [5.41, 5.74) is -0.915. The van der Waals surface area contributed by atoms with Crippen molar-refractivity contribution in [2.24, 2.45) is 0 Å². The summed E-state index contributed by atoms with van der Waals surface area (Å²) >= 11 is 8.38. The van der Waals surface area contributed by atoms with Crippen molar-refractivity contribution >= 4 is 57.1 Å². The van der Waals surface area contributed by atoms with Gasteiger partial charge in [-0.25, -0.2) is 26.8 Å². The van der Waals surface area contributed by atoms with Crippen molar-refractivity contribution in [1.82, 2.24) is 9.97 Å². The molecule has 9 nitrogen and oxygen atoms in total. The van der Waals surface area contributed by atoms with Crippen LogP contribution in [-0.2, 0) is 20.2 Å². The molecule has 0 saturated heterocycles. The van der Waals surface area contributed by atoms with Crippen LogP contribution in [-0.4, -0.2) is 35.9 Å². The second kappa shape index (κ2) is 11.3. The molecular formula is C16H11N3Na2O6S4. The van der Waals surface area contributed by atoms with E-state index in [-0.39, 0.29) is 91.7 Å². The molecule has 3 rings (SSSR count). The van der Waals surface area contributed by atoms with Crippen molar-refractivity contribution in [2.45, 2.75) is 19.6 Å². The van der Waals surface area contributed by atoms with E-state index in [0.29, 0.717) is 0 Å². The third-order valence-corrected chi connectivity index (χ3v) is 6.23. The van der Waals surface area contributed by atoms with Crippen molar-refractivity contribution in [3.63, 3.8) is 0 Å². The van der Waals surface area contributed by atoms with E-state index in [2.05, 4.69) is 40.5 Å². The molecule has 0 amide bonds. The first-order valence-corrected chi connectivity index (χ1v) is 11.4. The van der Waals surface area contributed by atoms with E-state index in [1.807, 2.05) is 0 Å². The fourth-order valence-electron chi connectivity index (χ4n) is 2.63. The molecule has 1 aromatic heterocycles. The van der Waals surface area contributed by atoms with Gasteiger partial charge in [0.1, 0.15) is 20.2 Å². The quantitative estimate of drug-likeness (QED) is 0.177. The molecule has 3 aromatic rings. The van der Waals surface area contributed by atoms with Crippen LogP contribution in [0.15, 0.2) is 68.4 Å². The minimum atomic E-state index is -5.20. The van der Waals surface area contributed by atoms with Gasteiger partial charge in [-0.2, -0.15) is 0 Å². The minimum Gasteiger partial charge on any atom is -0.744 e. The van der Waals surface area contributed by atoms with Crippen molar-refractivity contribution in [1.29, 1.82) is 0 Å². The number of anilines is 2. The topological polar surface area (TPSA) is 152 Å². The van der Waals surface area contributed by atoms with Gasteiger partial charge in [-0.1, -0.05) is 18.2 Å². The Hall–Kier alpha value is -0.160. The van der Waals surface area contributed by atoms with Crippen LogP contribution >= 0.6 is 25.3 Å². The van der Waals surface area contributed by atoms with Crippen molar-refractivity contribution in [3.8, 4) is 11.1 Å². The maximum absolute atomic E-state index is 12.2. The molecule has 0 saturated carbocycles. The van der Waals surface area contributed by atoms with Gasteiger partial charge in [0.15, 0.2) is 0 Å². The molecule has 0 bridgehead atoms. The molecule has 0 aliphatic rings. The Kier molecular flexibility index (Phi) is 10.5. The average molecular weight is 516 g/mol. The number of rotatable bonds is 5. The van der Waals surface area contributed by atoms with Crippen molar-refractivity contribution in [3.05, 3.63) is 48.8 Å². The first-order valence-electron chi connectivity index (χ1n) is 7.64. The first-order chi connectivity index (χ1) is 13.5. The second-order valence-corrected chi connectivity index (χ2v) is 9.22. The van der Waals surface area contributed by atoms with E-state index in [9.17, 15) is 25.9 Å². The molecule has 0 atom stereocenters. The van der Waals surface area contributed by atoms with E-state index in [4.69, 9.17) is 0 Å². The monoisotopic (exact) mass is 515 g/mol.